The Bertz CT molecular complexity index is 275. The van der Waals surface area contributed by atoms with E-state index in [4.69, 9.17) is 5.73 Å². The van der Waals surface area contributed by atoms with Crippen LogP contribution in [0.15, 0.2) is 12.7 Å². The third kappa shape index (κ3) is 5.02. The number of carbonyl (C=O) groups is 2. The van der Waals surface area contributed by atoms with Gasteiger partial charge in [-0.3, -0.25) is 9.59 Å². The molecule has 0 saturated carbocycles. The van der Waals surface area contributed by atoms with Gasteiger partial charge in [0.25, 0.3) is 0 Å². The molecule has 0 spiro atoms. The summed E-state index contributed by atoms with van der Waals surface area (Å²) in [7, 11) is 0. The zero-order chi connectivity index (χ0) is 13.4. The molecule has 0 aromatic heterocycles. The molecule has 0 aliphatic carbocycles. The predicted molar refractivity (Wildman–Crippen MR) is 69.1 cm³/mol. The second-order valence-electron chi connectivity index (χ2n) is 4.54. The molecule has 0 rings (SSSR count). The van der Waals surface area contributed by atoms with Crippen LogP contribution in [-0.4, -0.2) is 18.4 Å². The summed E-state index contributed by atoms with van der Waals surface area (Å²) >= 11 is 0. The summed E-state index contributed by atoms with van der Waals surface area (Å²) in [5, 5.41) is 2.77. The van der Waals surface area contributed by atoms with Crippen LogP contribution in [0.2, 0.25) is 0 Å². The molecule has 4 nitrogen and oxygen atoms in total. The number of amides is 2. The van der Waals surface area contributed by atoms with Gasteiger partial charge in [-0.1, -0.05) is 19.9 Å². The van der Waals surface area contributed by atoms with Crippen LogP contribution in [0.25, 0.3) is 0 Å². The summed E-state index contributed by atoms with van der Waals surface area (Å²) in [5.74, 6) is -1.18. The summed E-state index contributed by atoms with van der Waals surface area (Å²) < 4.78 is 0. The lowest BCUT2D eigenvalue weighted by Gasteiger charge is -2.26. The van der Waals surface area contributed by atoms with E-state index in [-0.39, 0.29) is 17.7 Å². The second-order valence-corrected chi connectivity index (χ2v) is 4.54. The van der Waals surface area contributed by atoms with Gasteiger partial charge < -0.3 is 11.1 Å². The molecule has 0 aliphatic heterocycles. The monoisotopic (exact) mass is 240 g/mol. The minimum atomic E-state index is -0.417. The van der Waals surface area contributed by atoms with Crippen LogP contribution in [0.1, 0.15) is 33.6 Å². The average Bonchev–Trinajstić information content (AvgIpc) is 2.23. The van der Waals surface area contributed by atoms with Gasteiger partial charge in [0.1, 0.15) is 0 Å². The summed E-state index contributed by atoms with van der Waals surface area (Å²) in [6, 6.07) is 0. The molecule has 0 fully saturated rings. The van der Waals surface area contributed by atoms with E-state index in [0.29, 0.717) is 19.4 Å². The van der Waals surface area contributed by atoms with Crippen molar-refractivity contribution in [1.82, 2.24) is 5.32 Å². The molecule has 0 aromatic carbocycles. The highest BCUT2D eigenvalue weighted by Crippen LogP contribution is 2.25. The van der Waals surface area contributed by atoms with Gasteiger partial charge in [0.2, 0.25) is 11.8 Å². The molecule has 98 valence electrons. The van der Waals surface area contributed by atoms with Crippen molar-refractivity contribution in [2.75, 3.05) is 6.54 Å². The molecular weight excluding hydrogens is 216 g/mol. The lowest BCUT2D eigenvalue weighted by atomic mass is 9.79. The van der Waals surface area contributed by atoms with Gasteiger partial charge in [0.05, 0.1) is 5.92 Å². The predicted octanol–water partition coefficient (Wildman–Crippen LogP) is 1.46. The molecule has 4 heteroatoms. The van der Waals surface area contributed by atoms with Gasteiger partial charge in [0, 0.05) is 12.5 Å². The highest BCUT2D eigenvalue weighted by atomic mass is 16.2. The van der Waals surface area contributed by atoms with Crippen LogP contribution in [0.3, 0.4) is 0 Å². The molecule has 0 heterocycles. The molecule has 0 saturated heterocycles. The van der Waals surface area contributed by atoms with Gasteiger partial charge in [-0.15, -0.1) is 6.58 Å². The van der Waals surface area contributed by atoms with Crippen LogP contribution in [0, 0.1) is 17.8 Å². The molecule has 0 aliphatic rings. The van der Waals surface area contributed by atoms with Crippen molar-refractivity contribution in [3.8, 4) is 0 Å². The Hall–Kier alpha value is -1.32. The van der Waals surface area contributed by atoms with Crippen LogP contribution in [0.5, 0.6) is 0 Å². The Morgan fingerprint density at radius 1 is 1.41 bits per heavy atom. The van der Waals surface area contributed by atoms with Gasteiger partial charge >= 0.3 is 0 Å². The first-order valence-electron chi connectivity index (χ1n) is 6.13. The number of primary amides is 1. The summed E-state index contributed by atoms with van der Waals surface area (Å²) in [6.07, 6.45) is 3.01. The lowest BCUT2D eigenvalue weighted by molar-refractivity contribution is -0.135. The SMILES string of the molecule is C=CCC[C@H](C(N)=O)[C@H](C(=O)NCC)C(C)C. The number of rotatable bonds is 8. The molecule has 2 atom stereocenters. The first-order valence-corrected chi connectivity index (χ1v) is 6.13. The first-order chi connectivity index (χ1) is 7.95. The smallest absolute Gasteiger partial charge is 0.224 e. The Morgan fingerprint density at radius 3 is 2.35 bits per heavy atom. The van der Waals surface area contributed by atoms with Crippen LogP contribution < -0.4 is 11.1 Å². The third-order valence-corrected chi connectivity index (χ3v) is 2.85. The van der Waals surface area contributed by atoms with E-state index in [1.54, 1.807) is 6.08 Å². The van der Waals surface area contributed by atoms with Gasteiger partial charge in [-0.2, -0.15) is 0 Å². The number of nitrogens with two attached hydrogens (primary N) is 1. The normalized spacial score (nSPS) is 14.1. The number of carbonyl (C=O) groups excluding carboxylic acids is 2. The fourth-order valence-electron chi connectivity index (χ4n) is 2.04. The van der Waals surface area contributed by atoms with Crippen molar-refractivity contribution in [3.63, 3.8) is 0 Å². The first kappa shape index (κ1) is 15.7. The Morgan fingerprint density at radius 2 is 2.00 bits per heavy atom. The second kappa shape index (κ2) is 7.87. The quantitative estimate of drug-likeness (QED) is 0.630. The van der Waals surface area contributed by atoms with Crippen LogP contribution >= 0.6 is 0 Å². The van der Waals surface area contributed by atoms with Crippen molar-refractivity contribution in [3.05, 3.63) is 12.7 Å². The molecule has 0 radical (unpaired) electrons. The molecule has 0 bridgehead atoms. The van der Waals surface area contributed by atoms with E-state index >= 15 is 0 Å². The molecular formula is C13H24N2O2. The maximum atomic E-state index is 11.9. The zero-order valence-electron chi connectivity index (χ0n) is 11.0. The Labute approximate surface area is 104 Å². The minimum Gasteiger partial charge on any atom is -0.369 e. The number of hydrogen-bond acceptors (Lipinski definition) is 2. The minimum absolute atomic E-state index is 0.0869. The highest BCUT2D eigenvalue weighted by Gasteiger charge is 2.33. The van der Waals surface area contributed by atoms with Gasteiger partial charge in [0.15, 0.2) is 0 Å². The lowest BCUT2D eigenvalue weighted by Crippen LogP contribution is -2.42. The van der Waals surface area contributed by atoms with Crippen molar-refractivity contribution in [2.45, 2.75) is 33.6 Å². The van der Waals surface area contributed by atoms with Gasteiger partial charge in [-0.05, 0) is 25.7 Å². The van der Waals surface area contributed by atoms with Crippen molar-refractivity contribution < 1.29 is 9.59 Å². The number of allylic oxidation sites excluding steroid dienone is 1. The van der Waals surface area contributed by atoms with Crippen LogP contribution in [-0.2, 0) is 9.59 Å². The largest absolute Gasteiger partial charge is 0.369 e. The highest BCUT2D eigenvalue weighted by molar-refractivity contribution is 5.87. The van der Waals surface area contributed by atoms with E-state index in [0.717, 1.165) is 0 Å². The summed E-state index contributed by atoms with van der Waals surface area (Å²) in [4.78, 5) is 23.4. The topological polar surface area (TPSA) is 72.2 Å². The Balaban J connectivity index is 4.88. The molecule has 2 amide bonds. The van der Waals surface area contributed by atoms with Crippen LogP contribution in [0.4, 0.5) is 0 Å². The van der Waals surface area contributed by atoms with E-state index < -0.39 is 11.8 Å². The molecule has 3 N–H and O–H groups in total. The van der Waals surface area contributed by atoms with E-state index in [2.05, 4.69) is 11.9 Å². The third-order valence-electron chi connectivity index (χ3n) is 2.85. The van der Waals surface area contributed by atoms with Gasteiger partial charge in [-0.25, -0.2) is 0 Å². The van der Waals surface area contributed by atoms with Crippen molar-refractivity contribution >= 4 is 11.8 Å². The molecule has 0 unspecified atom stereocenters. The Kier molecular flexibility index (Phi) is 7.26. The molecule has 0 aromatic rings. The molecule has 17 heavy (non-hydrogen) atoms. The van der Waals surface area contributed by atoms with E-state index in [9.17, 15) is 9.59 Å². The van der Waals surface area contributed by atoms with E-state index in [1.165, 1.54) is 0 Å². The zero-order valence-corrected chi connectivity index (χ0v) is 11.0. The van der Waals surface area contributed by atoms with E-state index in [1.807, 2.05) is 20.8 Å². The summed E-state index contributed by atoms with van der Waals surface area (Å²) in [6.45, 7) is 9.92. The summed E-state index contributed by atoms with van der Waals surface area (Å²) in [5.41, 5.74) is 5.40. The standard InChI is InChI=1S/C13H24N2O2/c1-5-7-8-10(12(14)16)11(9(3)4)13(17)15-6-2/h5,9-11H,1,6-8H2,2-4H3,(H2,14,16)(H,15,17)/t10-,11+/m0/s1. The fourth-order valence-corrected chi connectivity index (χ4v) is 2.04. The average molecular weight is 240 g/mol. The van der Waals surface area contributed by atoms with Crippen molar-refractivity contribution in [2.24, 2.45) is 23.5 Å². The van der Waals surface area contributed by atoms with Crippen molar-refractivity contribution in [1.29, 1.82) is 0 Å². The number of hydrogen-bond donors (Lipinski definition) is 2. The fraction of sp³-hybridized carbons (Fsp3) is 0.692. The number of nitrogens with one attached hydrogen (secondary N) is 1. The maximum Gasteiger partial charge on any atom is 0.224 e. The maximum absolute atomic E-state index is 11.9.